The Kier molecular flexibility index (Phi) is 5.92. The molecule has 3 fully saturated rings. The summed E-state index contributed by atoms with van der Waals surface area (Å²) < 4.78 is 54.1. The van der Waals surface area contributed by atoms with Crippen molar-refractivity contribution in [1.82, 2.24) is 0 Å². The summed E-state index contributed by atoms with van der Waals surface area (Å²) in [5.41, 5.74) is 0. The van der Waals surface area contributed by atoms with Gasteiger partial charge in [0.25, 0.3) is 0 Å². The van der Waals surface area contributed by atoms with E-state index in [0.717, 1.165) is 0 Å². The second-order valence-electron chi connectivity index (χ2n) is 8.47. The molecule has 0 spiro atoms. The lowest BCUT2D eigenvalue weighted by Gasteiger charge is -2.54. The molecule has 0 saturated heterocycles. The third-order valence-electron chi connectivity index (χ3n) is 7.19. The molecule has 3 saturated carbocycles. The maximum Gasteiger partial charge on any atom is 0.332 e. The maximum atomic E-state index is 14.2. The van der Waals surface area contributed by atoms with Gasteiger partial charge >= 0.3 is 7.60 Å². The molecule has 7 heteroatoms. The van der Waals surface area contributed by atoms with Gasteiger partial charge in [-0.1, -0.05) is 0 Å². The first-order valence-electron chi connectivity index (χ1n) is 9.72. The number of hydrogen-bond donors (Lipinski definition) is 2. The van der Waals surface area contributed by atoms with Crippen LogP contribution in [0.5, 0.6) is 0 Å². The Bertz CT molecular complexity index is 498. The van der Waals surface area contributed by atoms with Gasteiger partial charge in [-0.15, -0.1) is 0 Å². The fourth-order valence-electron chi connectivity index (χ4n) is 5.91. The minimum absolute atomic E-state index is 0.0405. The Morgan fingerprint density at radius 3 is 1.80 bits per heavy atom. The van der Waals surface area contributed by atoms with Crippen molar-refractivity contribution in [3.8, 4) is 0 Å². The van der Waals surface area contributed by atoms with E-state index in [1.165, 1.54) is 0 Å². The minimum Gasteiger partial charge on any atom is -0.324 e. The van der Waals surface area contributed by atoms with Crippen molar-refractivity contribution < 1.29 is 27.5 Å². The third kappa shape index (κ3) is 3.82. The maximum absolute atomic E-state index is 14.2. The van der Waals surface area contributed by atoms with E-state index in [-0.39, 0.29) is 31.1 Å². The Morgan fingerprint density at radius 1 is 0.760 bits per heavy atom. The lowest BCUT2D eigenvalue weighted by Crippen LogP contribution is -2.53. The molecule has 25 heavy (non-hydrogen) atoms. The minimum atomic E-state index is -4.51. The third-order valence-corrected chi connectivity index (χ3v) is 9.19. The summed E-state index contributed by atoms with van der Waals surface area (Å²) in [6.07, 6.45) is 1.18. The number of halogens is 3. The fraction of sp³-hybridized carbons (Fsp3) is 1.00. The smallest absolute Gasteiger partial charge is 0.324 e. The fourth-order valence-corrected chi connectivity index (χ4v) is 7.81. The predicted octanol–water partition coefficient (Wildman–Crippen LogP) is 5.10. The highest BCUT2D eigenvalue weighted by Gasteiger charge is 2.61. The molecule has 0 aliphatic heterocycles. The molecule has 3 nitrogen and oxygen atoms in total. The van der Waals surface area contributed by atoms with Crippen LogP contribution in [0.3, 0.4) is 0 Å². The van der Waals surface area contributed by atoms with Crippen LogP contribution in [0.1, 0.15) is 70.6 Å². The average molecular weight is 382 g/mol. The van der Waals surface area contributed by atoms with E-state index in [0.29, 0.717) is 51.4 Å². The Labute approximate surface area is 147 Å². The van der Waals surface area contributed by atoms with Crippen LogP contribution in [0.15, 0.2) is 0 Å². The first-order valence-corrected chi connectivity index (χ1v) is 11.3. The van der Waals surface area contributed by atoms with Crippen molar-refractivity contribution in [2.24, 2.45) is 17.8 Å². The molecule has 3 aliphatic rings. The van der Waals surface area contributed by atoms with Gasteiger partial charge in [0, 0.05) is 0 Å². The lowest BCUT2D eigenvalue weighted by molar-refractivity contribution is 0.0217. The molecule has 0 amide bonds. The highest BCUT2D eigenvalue weighted by Crippen LogP contribution is 2.68. The summed E-state index contributed by atoms with van der Waals surface area (Å²) >= 11 is 0. The van der Waals surface area contributed by atoms with Crippen LogP contribution < -0.4 is 0 Å². The van der Waals surface area contributed by atoms with Gasteiger partial charge in [0.05, 0.1) is 5.16 Å². The Hall–Kier alpha value is -0.0600. The van der Waals surface area contributed by atoms with Crippen molar-refractivity contribution in [2.45, 2.75) is 94.3 Å². The molecular weight excluding hydrogens is 352 g/mol. The zero-order valence-corrected chi connectivity index (χ0v) is 15.5. The highest BCUT2D eigenvalue weighted by molar-refractivity contribution is 7.53. The molecule has 3 unspecified atom stereocenters. The van der Waals surface area contributed by atoms with E-state index in [1.807, 2.05) is 0 Å². The molecule has 0 aromatic carbocycles. The Morgan fingerprint density at radius 2 is 1.28 bits per heavy atom. The predicted molar refractivity (Wildman–Crippen MR) is 90.7 cm³/mol. The first kappa shape index (κ1) is 19.7. The summed E-state index contributed by atoms with van der Waals surface area (Å²) in [4.78, 5) is 20.7. The first-order chi connectivity index (χ1) is 11.7. The molecule has 0 aromatic heterocycles. The Balaban J connectivity index is 1.93. The lowest BCUT2D eigenvalue weighted by atomic mass is 9.60. The second-order valence-corrected chi connectivity index (χ2v) is 10.4. The summed E-state index contributed by atoms with van der Waals surface area (Å²) in [6, 6.07) is 0. The van der Waals surface area contributed by atoms with Crippen LogP contribution in [0.2, 0.25) is 0 Å². The van der Waals surface area contributed by atoms with Gasteiger partial charge in [-0.25, -0.2) is 13.2 Å². The number of rotatable bonds is 3. The molecule has 3 rings (SSSR count). The number of hydrogen-bond acceptors (Lipinski definition) is 1. The SMILES string of the molecule is O=P(O)(O)C1(C2CCC(F)CC2)CCC(F)CC1C1CCC(F)CC1. The number of alkyl halides is 3. The van der Waals surface area contributed by atoms with Crippen LogP contribution in [0.25, 0.3) is 0 Å². The van der Waals surface area contributed by atoms with E-state index in [1.54, 1.807) is 0 Å². The van der Waals surface area contributed by atoms with Gasteiger partial charge in [-0.2, -0.15) is 0 Å². The topological polar surface area (TPSA) is 57.5 Å². The van der Waals surface area contributed by atoms with Crippen LogP contribution in [0, 0.1) is 17.8 Å². The largest absolute Gasteiger partial charge is 0.332 e. The van der Waals surface area contributed by atoms with Gasteiger partial charge in [0.1, 0.15) is 18.5 Å². The van der Waals surface area contributed by atoms with Crippen molar-refractivity contribution in [3.63, 3.8) is 0 Å². The van der Waals surface area contributed by atoms with E-state index < -0.39 is 37.2 Å². The van der Waals surface area contributed by atoms with E-state index >= 15 is 0 Å². The summed E-state index contributed by atoms with van der Waals surface area (Å²) in [5, 5.41) is -1.25. The zero-order valence-electron chi connectivity index (χ0n) is 14.6. The van der Waals surface area contributed by atoms with Gasteiger partial charge in [-0.05, 0) is 88.4 Å². The van der Waals surface area contributed by atoms with Gasteiger partial charge < -0.3 is 9.79 Å². The molecule has 0 bridgehead atoms. The normalized spacial score (nSPS) is 46.8. The molecule has 0 aromatic rings. The van der Waals surface area contributed by atoms with Gasteiger partial charge in [0.15, 0.2) is 0 Å². The van der Waals surface area contributed by atoms with Crippen LogP contribution in [-0.4, -0.2) is 33.5 Å². The quantitative estimate of drug-likeness (QED) is 0.668. The van der Waals surface area contributed by atoms with Crippen LogP contribution in [0.4, 0.5) is 13.2 Å². The van der Waals surface area contributed by atoms with E-state index in [4.69, 9.17) is 0 Å². The monoisotopic (exact) mass is 382 g/mol. The molecule has 3 atom stereocenters. The zero-order chi connectivity index (χ0) is 18.2. The van der Waals surface area contributed by atoms with Crippen molar-refractivity contribution in [1.29, 1.82) is 0 Å². The van der Waals surface area contributed by atoms with E-state index in [2.05, 4.69) is 0 Å². The molecule has 3 aliphatic carbocycles. The molecule has 0 radical (unpaired) electrons. The summed E-state index contributed by atoms with van der Waals surface area (Å²) in [7, 11) is -4.51. The molecule has 2 N–H and O–H groups in total. The summed E-state index contributed by atoms with van der Waals surface area (Å²) in [6.45, 7) is 0. The van der Waals surface area contributed by atoms with Crippen LogP contribution in [-0.2, 0) is 4.57 Å². The molecule has 0 heterocycles. The van der Waals surface area contributed by atoms with Crippen molar-refractivity contribution >= 4 is 7.60 Å². The molecular formula is C18H30F3O3P. The van der Waals surface area contributed by atoms with Gasteiger partial charge in [0.2, 0.25) is 0 Å². The van der Waals surface area contributed by atoms with Crippen LogP contribution >= 0.6 is 7.60 Å². The van der Waals surface area contributed by atoms with E-state index in [9.17, 15) is 27.5 Å². The highest BCUT2D eigenvalue weighted by atomic mass is 31.2. The average Bonchev–Trinajstić information content (AvgIpc) is 2.55. The summed E-state index contributed by atoms with van der Waals surface area (Å²) in [5.74, 6) is -0.729. The van der Waals surface area contributed by atoms with Crippen molar-refractivity contribution in [3.05, 3.63) is 0 Å². The van der Waals surface area contributed by atoms with Crippen molar-refractivity contribution in [2.75, 3.05) is 0 Å². The van der Waals surface area contributed by atoms with Gasteiger partial charge in [-0.3, -0.25) is 4.57 Å². The molecule has 146 valence electrons. The second kappa shape index (κ2) is 7.52. The standard InChI is InChI=1S/C18H30F3O3P/c19-14-5-1-12(2-6-14)17-11-16(21)9-10-18(17,25(22,23)24)13-3-7-15(20)8-4-13/h12-17H,1-11H2,(H2,22,23,24).